The average Bonchev–Trinajstić information content (AvgIpc) is 2.79. The van der Waals surface area contributed by atoms with Gasteiger partial charge in [0.2, 0.25) is 0 Å². The predicted molar refractivity (Wildman–Crippen MR) is 121 cm³/mol. The minimum Gasteiger partial charge on any atom is -0.394 e. The van der Waals surface area contributed by atoms with Gasteiger partial charge in [-0.3, -0.25) is 4.79 Å². The van der Waals surface area contributed by atoms with Crippen molar-refractivity contribution in [3.8, 4) is 0 Å². The summed E-state index contributed by atoms with van der Waals surface area (Å²) in [5, 5.41) is 48.5. The smallest absolute Gasteiger partial charge is 0.184 e. The number of carbonyl (C=O) groups excluding carboxylic acids is 2. The van der Waals surface area contributed by atoms with Gasteiger partial charge in [-0.15, -0.1) is 0 Å². The number of aliphatic hydroxyl groups excluding tert-OH is 4. The highest BCUT2D eigenvalue weighted by Crippen LogP contribution is 2.23. The number of unbranched alkanes of at least 4 members (excludes halogenated alkanes) is 14. The van der Waals surface area contributed by atoms with Gasteiger partial charge >= 0.3 is 0 Å². The first-order chi connectivity index (χ1) is 14.9. The molecule has 7 nitrogen and oxygen atoms in total. The number of rotatable bonds is 22. The van der Waals surface area contributed by atoms with Crippen LogP contribution in [0.4, 0.5) is 0 Å². The minimum absolute atomic E-state index is 0.0579. The van der Waals surface area contributed by atoms with E-state index in [0.29, 0.717) is 6.42 Å². The van der Waals surface area contributed by atoms with E-state index in [-0.39, 0.29) is 12.7 Å². The van der Waals surface area contributed by atoms with Crippen LogP contribution in [0.15, 0.2) is 0 Å². The molecular formula is C24H46O7. The van der Waals surface area contributed by atoms with Gasteiger partial charge in [-0.1, -0.05) is 96.8 Å². The van der Waals surface area contributed by atoms with Gasteiger partial charge in [0.1, 0.15) is 18.3 Å². The largest absolute Gasteiger partial charge is 0.394 e. The Hall–Kier alpha value is -0.860. The molecule has 7 heteroatoms. The van der Waals surface area contributed by atoms with Crippen LogP contribution in [-0.2, 0) is 9.59 Å². The van der Waals surface area contributed by atoms with Crippen LogP contribution < -0.4 is 0 Å². The van der Waals surface area contributed by atoms with Gasteiger partial charge in [-0.25, -0.2) is 0 Å². The third-order valence-corrected chi connectivity index (χ3v) is 6.04. The topological polar surface area (TPSA) is 135 Å². The van der Waals surface area contributed by atoms with E-state index in [1.54, 1.807) is 0 Å². The number of carbonyl (C=O) groups is 2. The van der Waals surface area contributed by atoms with Crippen molar-refractivity contribution in [3.05, 3.63) is 0 Å². The van der Waals surface area contributed by atoms with Crippen LogP contribution in [0, 0.1) is 0 Å². The Bertz CT molecular complexity index is 457. The summed E-state index contributed by atoms with van der Waals surface area (Å²) in [6, 6.07) is 0. The van der Waals surface area contributed by atoms with Crippen molar-refractivity contribution in [1.29, 1.82) is 0 Å². The molecule has 0 heterocycles. The lowest BCUT2D eigenvalue weighted by atomic mass is 9.81. The molecule has 0 rings (SSSR count). The summed E-state index contributed by atoms with van der Waals surface area (Å²) < 4.78 is 0. The van der Waals surface area contributed by atoms with Gasteiger partial charge < -0.3 is 30.3 Å². The Balaban J connectivity index is 3.89. The lowest BCUT2D eigenvalue weighted by Gasteiger charge is -2.35. The maximum Gasteiger partial charge on any atom is 0.184 e. The molecule has 0 aromatic rings. The molecule has 0 spiro atoms. The average molecular weight is 447 g/mol. The molecule has 5 N–H and O–H groups in total. The Morgan fingerprint density at radius 2 is 1.16 bits per heavy atom. The molecular weight excluding hydrogens is 400 g/mol. The van der Waals surface area contributed by atoms with Crippen LogP contribution in [0.1, 0.15) is 110 Å². The molecule has 184 valence electrons. The highest BCUT2D eigenvalue weighted by Gasteiger charge is 2.51. The number of ketones is 1. The Labute approximate surface area is 187 Å². The van der Waals surface area contributed by atoms with E-state index in [0.717, 1.165) is 25.7 Å². The summed E-state index contributed by atoms with van der Waals surface area (Å²) in [7, 11) is 0. The first-order valence-corrected chi connectivity index (χ1v) is 12.2. The second-order valence-electron chi connectivity index (χ2n) is 8.72. The third-order valence-electron chi connectivity index (χ3n) is 6.04. The summed E-state index contributed by atoms with van der Waals surface area (Å²) >= 11 is 0. The number of aldehydes is 1. The molecule has 0 bridgehead atoms. The summed E-state index contributed by atoms with van der Waals surface area (Å²) in [6.07, 6.45) is 11.2. The molecule has 0 amide bonds. The normalized spacial score (nSPS) is 16.5. The predicted octanol–water partition coefficient (Wildman–Crippen LogP) is 2.82. The Morgan fingerprint density at radius 1 is 0.774 bits per heavy atom. The standard InChI is InChI=1S/C24H46O7/c1-2-3-4-5-6-7-8-9-10-11-12-13-14-15-16-17-21(28)24(31,22(29)19-26)23(30)20(27)18-25/h19-20,22-23,25,27,29-31H,2-18H2,1H3/t20-,22+,23-,24-/m1/s1. The minimum atomic E-state index is -2.82. The van der Waals surface area contributed by atoms with Crippen molar-refractivity contribution < 1.29 is 35.1 Å². The molecule has 0 radical (unpaired) electrons. The Kier molecular flexibility index (Phi) is 18.2. The number of hydrogen-bond donors (Lipinski definition) is 5. The van der Waals surface area contributed by atoms with Crippen LogP contribution in [-0.4, -0.2) is 68.1 Å². The molecule has 0 aliphatic rings. The lowest BCUT2D eigenvalue weighted by molar-refractivity contribution is -0.189. The van der Waals surface area contributed by atoms with Gasteiger partial charge in [-0.05, 0) is 6.42 Å². The van der Waals surface area contributed by atoms with E-state index in [4.69, 9.17) is 5.11 Å². The van der Waals surface area contributed by atoms with Crippen molar-refractivity contribution in [2.24, 2.45) is 0 Å². The second kappa shape index (κ2) is 18.7. The molecule has 0 saturated carbocycles. The molecule has 0 aromatic carbocycles. The van der Waals surface area contributed by atoms with E-state index >= 15 is 0 Å². The maximum absolute atomic E-state index is 12.3. The molecule has 0 aliphatic heterocycles. The quantitative estimate of drug-likeness (QED) is 0.127. The number of aliphatic hydroxyl groups is 5. The van der Waals surface area contributed by atoms with Gasteiger partial charge in [0.05, 0.1) is 6.61 Å². The Morgan fingerprint density at radius 3 is 1.52 bits per heavy atom. The van der Waals surface area contributed by atoms with Crippen molar-refractivity contribution in [1.82, 2.24) is 0 Å². The number of Topliss-reactive ketones (excluding diaryl/α,β-unsaturated/α-hetero) is 1. The maximum atomic E-state index is 12.3. The van der Waals surface area contributed by atoms with Gasteiger partial charge in [0, 0.05) is 6.42 Å². The highest BCUT2D eigenvalue weighted by atomic mass is 16.4. The fourth-order valence-corrected chi connectivity index (χ4v) is 3.86. The molecule has 0 aromatic heterocycles. The zero-order valence-electron chi connectivity index (χ0n) is 19.4. The zero-order chi connectivity index (χ0) is 23.5. The first kappa shape index (κ1) is 30.1. The summed E-state index contributed by atoms with van der Waals surface area (Å²) in [6.45, 7) is 1.32. The van der Waals surface area contributed by atoms with Crippen LogP contribution >= 0.6 is 0 Å². The van der Waals surface area contributed by atoms with E-state index in [2.05, 4.69) is 6.92 Å². The van der Waals surface area contributed by atoms with E-state index in [1.807, 2.05) is 0 Å². The molecule has 4 atom stereocenters. The van der Waals surface area contributed by atoms with Crippen LogP contribution in [0.25, 0.3) is 0 Å². The van der Waals surface area contributed by atoms with E-state index in [1.165, 1.54) is 64.2 Å². The lowest BCUT2D eigenvalue weighted by Crippen LogP contribution is -2.62. The van der Waals surface area contributed by atoms with Gasteiger partial charge in [0.15, 0.2) is 17.7 Å². The molecule has 0 unspecified atom stereocenters. The second-order valence-corrected chi connectivity index (χ2v) is 8.72. The first-order valence-electron chi connectivity index (χ1n) is 12.2. The fourth-order valence-electron chi connectivity index (χ4n) is 3.86. The zero-order valence-corrected chi connectivity index (χ0v) is 19.4. The van der Waals surface area contributed by atoms with E-state index < -0.39 is 36.3 Å². The fraction of sp³-hybridized carbons (Fsp3) is 0.917. The van der Waals surface area contributed by atoms with Crippen molar-refractivity contribution in [2.45, 2.75) is 134 Å². The number of hydrogen-bond acceptors (Lipinski definition) is 7. The van der Waals surface area contributed by atoms with Crippen LogP contribution in [0.2, 0.25) is 0 Å². The molecule has 31 heavy (non-hydrogen) atoms. The SMILES string of the molecule is CCCCCCCCCCCCCCCCCC(=O)[C@](O)([C@H](O)[C@H](O)CO)[C@@H](O)C=O. The van der Waals surface area contributed by atoms with Gasteiger partial charge in [0.25, 0.3) is 0 Å². The van der Waals surface area contributed by atoms with Crippen molar-refractivity contribution >= 4 is 12.1 Å². The summed E-state index contributed by atoms with van der Waals surface area (Å²) in [4.78, 5) is 23.2. The summed E-state index contributed by atoms with van der Waals surface area (Å²) in [5.41, 5.74) is -2.82. The highest BCUT2D eigenvalue weighted by molar-refractivity contribution is 5.91. The molecule has 0 saturated heterocycles. The molecule has 0 fully saturated rings. The van der Waals surface area contributed by atoms with Crippen molar-refractivity contribution in [3.63, 3.8) is 0 Å². The molecule has 0 aliphatic carbocycles. The monoisotopic (exact) mass is 446 g/mol. The van der Waals surface area contributed by atoms with Crippen molar-refractivity contribution in [2.75, 3.05) is 6.61 Å². The third kappa shape index (κ3) is 12.1. The summed E-state index contributed by atoms with van der Waals surface area (Å²) in [5.74, 6) is -0.915. The van der Waals surface area contributed by atoms with E-state index in [9.17, 15) is 30.0 Å². The van der Waals surface area contributed by atoms with Crippen LogP contribution in [0.3, 0.4) is 0 Å². The van der Waals surface area contributed by atoms with Gasteiger partial charge in [-0.2, -0.15) is 0 Å². The van der Waals surface area contributed by atoms with Crippen LogP contribution in [0.5, 0.6) is 0 Å².